The molecule has 18 heavy (non-hydrogen) atoms. The third-order valence-electron chi connectivity index (χ3n) is 3.33. The van der Waals surface area contributed by atoms with Gasteiger partial charge in [-0.25, -0.2) is 4.39 Å². The zero-order chi connectivity index (χ0) is 13.1. The van der Waals surface area contributed by atoms with E-state index in [9.17, 15) is 9.18 Å². The van der Waals surface area contributed by atoms with Gasteiger partial charge < -0.3 is 4.90 Å². The molecule has 0 aromatic heterocycles. The lowest BCUT2D eigenvalue weighted by molar-refractivity contribution is -0.135. The summed E-state index contributed by atoms with van der Waals surface area (Å²) < 4.78 is 13.3. The summed E-state index contributed by atoms with van der Waals surface area (Å²) in [5.41, 5.74) is 0.719. The van der Waals surface area contributed by atoms with Crippen LogP contribution in [0.2, 0.25) is 0 Å². The Labute approximate surface area is 107 Å². The molecule has 1 aromatic carbocycles. The van der Waals surface area contributed by atoms with Crippen molar-refractivity contribution in [3.05, 3.63) is 35.6 Å². The number of hydrogen-bond acceptors (Lipinski definition) is 2. The topological polar surface area (TPSA) is 23.6 Å². The monoisotopic (exact) mass is 250 g/mol. The highest BCUT2D eigenvalue weighted by Crippen LogP contribution is 2.23. The third-order valence-corrected chi connectivity index (χ3v) is 3.33. The Balaban J connectivity index is 2.25. The number of halogens is 1. The first kappa shape index (κ1) is 13.0. The maximum absolute atomic E-state index is 13.3. The Morgan fingerprint density at radius 3 is 2.56 bits per heavy atom. The Morgan fingerprint density at radius 2 is 2.00 bits per heavy atom. The van der Waals surface area contributed by atoms with Gasteiger partial charge in [0.25, 0.3) is 0 Å². The van der Waals surface area contributed by atoms with Gasteiger partial charge in [0.05, 0.1) is 0 Å². The minimum absolute atomic E-state index is 0.0723. The van der Waals surface area contributed by atoms with E-state index in [0.717, 1.165) is 31.5 Å². The molecule has 0 spiro atoms. The average molecular weight is 250 g/mol. The van der Waals surface area contributed by atoms with Crippen molar-refractivity contribution in [3.8, 4) is 0 Å². The maximum Gasteiger partial charge on any atom is 0.244 e. The minimum atomic E-state index is -0.390. The molecule has 1 unspecified atom stereocenters. The number of amides is 1. The summed E-state index contributed by atoms with van der Waals surface area (Å²) in [5, 5.41) is 0. The number of likely N-dealkylation sites (N-methyl/N-ethyl adjacent to an activating group) is 1. The van der Waals surface area contributed by atoms with E-state index in [2.05, 4.69) is 0 Å². The largest absolute Gasteiger partial charge is 0.341 e. The molecule has 1 heterocycles. The zero-order valence-corrected chi connectivity index (χ0v) is 10.9. The van der Waals surface area contributed by atoms with E-state index < -0.39 is 6.04 Å². The smallest absolute Gasteiger partial charge is 0.244 e. The van der Waals surface area contributed by atoms with Gasteiger partial charge in [-0.05, 0) is 44.6 Å². The van der Waals surface area contributed by atoms with Gasteiger partial charge >= 0.3 is 0 Å². The number of likely N-dealkylation sites (tertiary alicyclic amines) is 1. The van der Waals surface area contributed by atoms with Gasteiger partial charge in [-0.2, -0.15) is 0 Å². The van der Waals surface area contributed by atoms with E-state index in [0.29, 0.717) is 0 Å². The lowest BCUT2D eigenvalue weighted by atomic mass is 10.0. The van der Waals surface area contributed by atoms with Gasteiger partial charge in [-0.3, -0.25) is 9.69 Å². The van der Waals surface area contributed by atoms with Gasteiger partial charge in [0.1, 0.15) is 11.9 Å². The van der Waals surface area contributed by atoms with Crippen molar-refractivity contribution in [2.45, 2.75) is 18.9 Å². The zero-order valence-electron chi connectivity index (χ0n) is 10.9. The normalized spacial score (nSPS) is 17.2. The third kappa shape index (κ3) is 2.70. The molecular weight excluding hydrogens is 231 g/mol. The SMILES string of the molecule is CN(C)C(C(=O)N1CCCC1)c1cccc(F)c1. The molecule has 0 aliphatic carbocycles. The fourth-order valence-corrected chi connectivity index (χ4v) is 2.45. The Kier molecular flexibility index (Phi) is 3.97. The average Bonchev–Trinajstić information content (AvgIpc) is 2.82. The Hall–Kier alpha value is -1.42. The van der Waals surface area contributed by atoms with Crippen LogP contribution in [0, 0.1) is 5.82 Å². The molecule has 1 atom stereocenters. The number of hydrogen-bond donors (Lipinski definition) is 0. The molecule has 0 saturated carbocycles. The van der Waals surface area contributed by atoms with Gasteiger partial charge in [-0.1, -0.05) is 12.1 Å². The summed E-state index contributed by atoms with van der Waals surface area (Å²) in [6.45, 7) is 1.64. The number of benzene rings is 1. The van der Waals surface area contributed by atoms with E-state index in [1.807, 2.05) is 30.0 Å². The molecule has 1 aliphatic rings. The summed E-state index contributed by atoms with van der Waals surface area (Å²) in [4.78, 5) is 16.2. The predicted molar refractivity (Wildman–Crippen MR) is 68.6 cm³/mol. The van der Waals surface area contributed by atoms with Crippen molar-refractivity contribution in [2.24, 2.45) is 0 Å². The lowest BCUT2D eigenvalue weighted by Crippen LogP contribution is -2.39. The molecule has 98 valence electrons. The summed E-state index contributed by atoms with van der Waals surface area (Å²) >= 11 is 0. The molecule has 1 aliphatic heterocycles. The first-order valence-electron chi connectivity index (χ1n) is 6.30. The van der Waals surface area contributed by atoms with Crippen LogP contribution < -0.4 is 0 Å². The first-order valence-corrected chi connectivity index (χ1v) is 6.30. The van der Waals surface area contributed by atoms with Crippen LogP contribution in [-0.4, -0.2) is 42.9 Å². The Bertz CT molecular complexity index is 428. The minimum Gasteiger partial charge on any atom is -0.341 e. The summed E-state index contributed by atoms with van der Waals surface area (Å²) in [6, 6.07) is 5.91. The van der Waals surface area contributed by atoms with Crippen molar-refractivity contribution >= 4 is 5.91 Å². The van der Waals surface area contributed by atoms with Crippen LogP contribution in [0.3, 0.4) is 0 Å². The highest BCUT2D eigenvalue weighted by atomic mass is 19.1. The fraction of sp³-hybridized carbons (Fsp3) is 0.500. The molecule has 0 bridgehead atoms. The summed E-state index contributed by atoms with van der Waals surface area (Å²) in [5.74, 6) is -0.225. The molecular formula is C14H19FN2O. The van der Waals surface area contributed by atoms with E-state index in [-0.39, 0.29) is 11.7 Å². The van der Waals surface area contributed by atoms with E-state index in [1.165, 1.54) is 12.1 Å². The van der Waals surface area contributed by atoms with Gasteiger partial charge in [0.2, 0.25) is 5.91 Å². The van der Waals surface area contributed by atoms with Crippen molar-refractivity contribution in [3.63, 3.8) is 0 Å². The number of nitrogens with zero attached hydrogens (tertiary/aromatic N) is 2. The van der Waals surface area contributed by atoms with Gasteiger partial charge in [-0.15, -0.1) is 0 Å². The lowest BCUT2D eigenvalue weighted by Gasteiger charge is -2.28. The van der Waals surface area contributed by atoms with E-state index >= 15 is 0 Å². The van der Waals surface area contributed by atoms with Crippen LogP contribution in [-0.2, 0) is 4.79 Å². The van der Waals surface area contributed by atoms with Crippen molar-refractivity contribution in [1.82, 2.24) is 9.80 Å². The molecule has 2 rings (SSSR count). The maximum atomic E-state index is 13.3. The molecule has 1 amide bonds. The molecule has 0 N–H and O–H groups in total. The highest BCUT2D eigenvalue weighted by Gasteiger charge is 2.29. The number of carbonyl (C=O) groups excluding carboxylic acids is 1. The quantitative estimate of drug-likeness (QED) is 0.819. The van der Waals surface area contributed by atoms with Crippen LogP contribution in [0.25, 0.3) is 0 Å². The van der Waals surface area contributed by atoms with Crippen LogP contribution in [0.4, 0.5) is 4.39 Å². The van der Waals surface area contributed by atoms with E-state index in [4.69, 9.17) is 0 Å². The van der Waals surface area contributed by atoms with Crippen LogP contribution >= 0.6 is 0 Å². The van der Waals surface area contributed by atoms with Crippen LogP contribution in [0.1, 0.15) is 24.4 Å². The molecule has 1 aromatic rings. The number of rotatable bonds is 3. The molecule has 1 fully saturated rings. The standard InChI is InChI=1S/C14H19FN2O/c1-16(2)13(11-6-5-7-12(15)10-11)14(18)17-8-3-4-9-17/h5-7,10,13H,3-4,8-9H2,1-2H3. The second-order valence-corrected chi connectivity index (χ2v) is 4.95. The molecule has 4 heteroatoms. The second-order valence-electron chi connectivity index (χ2n) is 4.95. The Morgan fingerprint density at radius 1 is 1.33 bits per heavy atom. The van der Waals surface area contributed by atoms with Gasteiger partial charge in [0.15, 0.2) is 0 Å². The van der Waals surface area contributed by atoms with Crippen LogP contribution in [0.5, 0.6) is 0 Å². The van der Waals surface area contributed by atoms with Crippen molar-refractivity contribution in [2.75, 3.05) is 27.2 Å². The fourth-order valence-electron chi connectivity index (χ4n) is 2.45. The second kappa shape index (κ2) is 5.48. The first-order chi connectivity index (χ1) is 8.59. The van der Waals surface area contributed by atoms with Crippen LogP contribution in [0.15, 0.2) is 24.3 Å². The molecule has 3 nitrogen and oxygen atoms in total. The van der Waals surface area contributed by atoms with Crippen molar-refractivity contribution in [1.29, 1.82) is 0 Å². The highest BCUT2D eigenvalue weighted by molar-refractivity contribution is 5.83. The summed E-state index contributed by atoms with van der Waals surface area (Å²) in [6.07, 6.45) is 2.13. The molecule has 1 saturated heterocycles. The van der Waals surface area contributed by atoms with E-state index in [1.54, 1.807) is 6.07 Å². The van der Waals surface area contributed by atoms with Gasteiger partial charge in [0, 0.05) is 13.1 Å². The summed E-state index contributed by atoms with van der Waals surface area (Å²) in [7, 11) is 3.70. The van der Waals surface area contributed by atoms with Crippen molar-refractivity contribution < 1.29 is 9.18 Å². The predicted octanol–water partition coefficient (Wildman–Crippen LogP) is 2.05. The molecule has 0 radical (unpaired) electrons. The number of carbonyl (C=O) groups is 1.